The lowest BCUT2D eigenvalue weighted by Gasteiger charge is -2.28. The van der Waals surface area contributed by atoms with Gasteiger partial charge in [0.15, 0.2) is 5.60 Å². The first kappa shape index (κ1) is 36.3. The number of aliphatic hydroxyl groups excluding tert-OH is 1. The van der Waals surface area contributed by atoms with Crippen molar-refractivity contribution in [3.05, 3.63) is 120 Å². The van der Waals surface area contributed by atoms with Gasteiger partial charge in [-0.25, -0.2) is 5.01 Å². The van der Waals surface area contributed by atoms with Crippen molar-refractivity contribution < 1.29 is 29.3 Å². The van der Waals surface area contributed by atoms with Crippen LogP contribution in [0.25, 0.3) is 0 Å². The summed E-state index contributed by atoms with van der Waals surface area (Å²) in [6, 6.07) is 24.6. The number of amides is 2. The molecule has 3 heterocycles. The maximum absolute atomic E-state index is 14.2. The zero-order valence-corrected chi connectivity index (χ0v) is 29.5. The van der Waals surface area contributed by atoms with Crippen molar-refractivity contribution >= 4 is 34.9 Å². The largest absolute Gasteiger partial charge is 0.469 e. The van der Waals surface area contributed by atoms with E-state index in [9.17, 15) is 24.6 Å². The van der Waals surface area contributed by atoms with Crippen LogP contribution in [0, 0.1) is 5.92 Å². The lowest BCUT2D eigenvalue weighted by Crippen LogP contribution is -2.44. The van der Waals surface area contributed by atoms with Gasteiger partial charge in [0.05, 0.1) is 42.4 Å². The molecule has 3 atom stereocenters. The van der Waals surface area contributed by atoms with Gasteiger partial charge < -0.3 is 19.8 Å². The number of allylic oxidation sites excluding steroid dienone is 1. The number of benzene rings is 3. The number of aryl methyl sites for hydroxylation is 1. The molecule has 1 aromatic heterocycles. The van der Waals surface area contributed by atoms with E-state index in [2.05, 4.69) is 10.3 Å². The summed E-state index contributed by atoms with van der Waals surface area (Å²) in [5.74, 6) is -1.88. The number of hydrazone groups is 1. The Morgan fingerprint density at radius 2 is 1.75 bits per heavy atom. The minimum Gasteiger partial charge on any atom is -0.469 e. The summed E-state index contributed by atoms with van der Waals surface area (Å²) in [4.78, 5) is 40.6. The standard InChI is InChI=1S/C40H44N6O6/c1-28(13-9-11-23-44-26-35(41-43-44)32(27-47)29-14-5-3-6-15-29)40(51)33-25-31(46-37(48)22-20-34(42-46)30-16-7-4-8-17-30)19-21-36(33)45(39(40)50)24-12-10-18-38(49)52-2/h3-9,13-17,19,21,25-26,28,32,47,51H,10-12,18,20,22-24,27H2,1-2H3/b13-9+/t28-,32?,40+/m1/s1. The number of hydrogen-bond donors (Lipinski definition) is 2. The van der Waals surface area contributed by atoms with E-state index in [-0.39, 0.29) is 37.2 Å². The number of fused-ring (bicyclic) bond motifs is 1. The monoisotopic (exact) mass is 704 g/mol. The lowest BCUT2D eigenvalue weighted by atomic mass is 9.82. The van der Waals surface area contributed by atoms with Crippen molar-refractivity contribution in [1.29, 1.82) is 0 Å². The van der Waals surface area contributed by atoms with E-state index < -0.39 is 17.4 Å². The SMILES string of the molecule is COC(=O)CCCCN1C(=O)[C@](O)([C@H](C)/C=C/CCn2cc(C(CO)c3ccccc3)nn2)c2cc(N3N=C(c4ccccc4)CCC3=O)ccc21. The average molecular weight is 705 g/mol. The molecular formula is C40H44N6O6. The summed E-state index contributed by atoms with van der Waals surface area (Å²) < 4.78 is 6.47. The van der Waals surface area contributed by atoms with E-state index in [0.717, 1.165) is 16.8 Å². The van der Waals surface area contributed by atoms with E-state index in [1.807, 2.05) is 79.0 Å². The van der Waals surface area contributed by atoms with Crippen molar-refractivity contribution in [2.24, 2.45) is 11.0 Å². The number of unbranched alkanes of at least 4 members (excludes halogenated alkanes) is 1. The van der Waals surface area contributed by atoms with Crippen LogP contribution in [0.15, 0.2) is 102 Å². The molecule has 0 saturated heterocycles. The highest BCUT2D eigenvalue weighted by Gasteiger charge is 2.52. The Morgan fingerprint density at radius 1 is 1.00 bits per heavy atom. The highest BCUT2D eigenvalue weighted by atomic mass is 16.5. The Balaban J connectivity index is 1.22. The van der Waals surface area contributed by atoms with Gasteiger partial charge in [0.25, 0.3) is 5.91 Å². The summed E-state index contributed by atoms with van der Waals surface area (Å²) in [5, 5.41) is 37.0. The Morgan fingerprint density at radius 3 is 2.48 bits per heavy atom. The van der Waals surface area contributed by atoms with Crippen LogP contribution in [0.1, 0.15) is 73.8 Å². The van der Waals surface area contributed by atoms with Crippen molar-refractivity contribution in [1.82, 2.24) is 15.0 Å². The molecule has 0 saturated carbocycles. The van der Waals surface area contributed by atoms with E-state index in [1.54, 1.807) is 34.7 Å². The molecule has 2 aliphatic heterocycles. The number of nitrogens with zero attached hydrogens (tertiary/aromatic N) is 6. The fraction of sp³-hybridized carbons (Fsp3) is 0.350. The van der Waals surface area contributed by atoms with Crippen LogP contribution in [-0.2, 0) is 31.3 Å². The Hall–Kier alpha value is -5.46. The van der Waals surface area contributed by atoms with E-state index in [1.165, 1.54) is 12.1 Å². The molecule has 270 valence electrons. The Labute approximate surface area is 303 Å². The lowest BCUT2D eigenvalue weighted by molar-refractivity contribution is -0.140. The number of hydrogen-bond acceptors (Lipinski definition) is 9. The first-order valence-corrected chi connectivity index (χ1v) is 17.7. The molecular weight excluding hydrogens is 660 g/mol. The molecule has 12 nitrogen and oxygen atoms in total. The number of rotatable bonds is 15. The maximum atomic E-state index is 14.2. The molecule has 2 N–H and O–H groups in total. The first-order valence-electron chi connectivity index (χ1n) is 17.7. The third-order valence-electron chi connectivity index (χ3n) is 9.78. The molecule has 2 amide bonds. The molecule has 0 aliphatic carbocycles. The zero-order chi connectivity index (χ0) is 36.7. The minimum atomic E-state index is -1.92. The number of aromatic nitrogens is 3. The molecule has 4 aromatic rings. The number of aliphatic hydroxyl groups is 2. The summed E-state index contributed by atoms with van der Waals surface area (Å²) in [5.41, 5.74) is 2.83. The van der Waals surface area contributed by atoms with Crippen molar-refractivity contribution in [2.45, 2.75) is 63.5 Å². The second-order valence-electron chi connectivity index (χ2n) is 13.1. The van der Waals surface area contributed by atoms with Crippen LogP contribution < -0.4 is 9.91 Å². The van der Waals surface area contributed by atoms with E-state index in [4.69, 9.17) is 9.84 Å². The predicted molar refractivity (Wildman–Crippen MR) is 197 cm³/mol. The predicted octanol–water partition coefficient (Wildman–Crippen LogP) is 5.09. The maximum Gasteiger partial charge on any atom is 0.305 e. The fourth-order valence-corrected chi connectivity index (χ4v) is 6.81. The van der Waals surface area contributed by atoms with E-state index in [0.29, 0.717) is 61.4 Å². The summed E-state index contributed by atoms with van der Waals surface area (Å²) >= 11 is 0. The molecule has 0 spiro atoms. The van der Waals surface area contributed by atoms with Gasteiger partial charge in [-0.2, -0.15) is 5.10 Å². The van der Waals surface area contributed by atoms with Gasteiger partial charge in [0.2, 0.25) is 5.91 Å². The molecule has 52 heavy (non-hydrogen) atoms. The molecule has 2 aliphatic rings. The van der Waals surface area contributed by atoms with Crippen LogP contribution in [-0.4, -0.2) is 69.0 Å². The van der Waals surface area contributed by atoms with Gasteiger partial charge >= 0.3 is 5.97 Å². The van der Waals surface area contributed by atoms with Crippen LogP contribution >= 0.6 is 0 Å². The normalized spacial score (nSPS) is 18.4. The highest BCUT2D eigenvalue weighted by molar-refractivity contribution is 6.10. The molecule has 3 aromatic carbocycles. The second kappa shape index (κ2) is 16.3. The average Bonchev–Trinajstić information content (AvgIpc) is 3.73. The summed E-state index contributed by atoms with van der Waals surface area (Å²) in [6.45, 7) is 2.50. The number of ether oxygens (including phenoxy) is 1. The van der Waals surface area contributed by atoms with Crippen molar-refractivity contribution in [2.75, 3.05) is 30.2 Å². The van der Waals surface area contributed by atoms with Crippen LogP contribution in [0.2, 0.25) is 0 Å². The molecule has 0 bridgehead atoms. The zero-order valence-electron chi connectivity index (χ0n) is 29.5. The molecule has 0 fully saturated rings. The summed E-state index contributed by atoms with van der Waals surface area (Å²) in [6.07, 6.45) is 8.17. The highest BCUT2D eigenvalue weighted by Crippen LogP contribution is 2.47. The second-order valence-corrected chi connectivity index (χ2v) is 13.1. The van der Waals surface area contributed by atoms with Crippen LogP contribution in [0.4, 0.5) is 11.4 Å². The number of carbonyl (C=O) groups is 3. The minimum absolute atomic E-state index is 0.0926. The van der Waals surface area contributed by atoms with Gasteiger partial charge in [0.1, 0.15) is 0 Å². The van der Waals surface area contributed by atoms with Crippen LogP contribution in [0.3, 0.4) is 0 Å². The Kier molecular flexibility index (Phi) is 11.4. The van der Waals surface area contributed by atoms with Gasteiger partial charge in [-0.1, -0.05) is 85.0 Å². The number of carbonyl (C=O) groups excluding carboxylic acids is 3. The smallest absolute Gasteiger partial charge is 0.305 e. The van der Waals surface area contributed by atoms with Crippen molar-refractivity contribution in [3.63, 3.8) is 0 Å². The molecule has 12 heteroatoms. The van der Waals surface area contributed by atoms with Crippen LogP contribution in [0.5, 0.6) is 0 Å². The van der Waals surface area contributed by atoms with Crippen molar-refractivity contribution in [3.8, 4) is 0 Å². The topological polar surface area (TPSA) is 150 Å². The van der Waals surface area contributed by atoms with Gasteiger partial charge in [0, 0.05) is 50.0 Å². The quantitative estimate of drug-likeness (QED) is 0.0987. The number of esters is 1. The number of methoxy groups -OCH3 is 1. The third kappa shape index (κ3) is 7.58. The first-order chi connectivity index (χ1) is 25.2. The van der Waals surface area contributed by atoms with Gasteiger partial charge in [-0.15, -0.1) is 5.10 Å². The molecule has 0 radical (unpaired) electrons. The summed E-state index contributed by atoms with van der Waals surface area (Å²) in [7, 11) is 1.34. The van der Waals surface area contributed by atoms with Gasteiger partial charge in [-0.3, -0.25) is 19.1 Å². The Bertz CT molecular complexity index is 1940. The molecule has 6 rings (SSSR count). The van der Waals surface area contributed by atoms with Gasteiger partial charge in [-0.05, 0) is 48.6 Å². The van der Waals surface area contributed by atoms with E-state index >= 15 is 0 Å². The fourth-order valence-electron chi connectivity index (χ4n) is 6.81. The molecule has 1 unspecified atom stereocenters. The third-order valence-corrected chi connectivity index (χ3v) is 9.78. The number of anilines is 2.